The molecular weight excluding hydrogens is 305 g/mol. The van der Waals surface area contributed by atoms with Crippen LogP contribution in [0.2, 0.25) is 0 Å². The van der Waals surface area contributed by atoms with Crippen LogP contribution in [0, 0.1) is 0 Å². The molecule has 11 heteroatoms. The molecule has 1 aromatic heterocycles. The smallest absolute Gasteiger partial charge is 0.351 e. The number of hydrogen-bond acceptors (Lipinski definition) is 8. The number of anilines is 1. The summed E-state index contributed by atoms with van der Waals surface area (Å²) in [5.74, 6) is 0.0105. The summed E-state index contributed by atoms with van der Waals surface area (Å²) < 4.78 is 22.0. The maximum absolute atomic E-state index is 11.7. The Labute approximate surface area is 119 Å². The van der Waals surface area contributed by atoms with Crippen LogP contribution in [0.3, 0.4) is 0 Å². The van der Waals surface area contributed by atoms with Gasteiger partial charge in [-0.1, -0.05) is 0 Å². The molecule has 0 aromatic carbocycles. The third-order valence-corrected chi connectivity index (χ3v) is 3.57. The van der Waals surface area contributed by atoms with Crippen molar-refractivity contribution >= 4 is 13.4 Å². The van der Waals surface area contributed by atoms with Gasteiger partial charge in [0.2, 0.25) is 0 Å². The summed E-state index contributed by atoms with van der Waals surface area (Å²) in [7, 11) is -3.74. The lowest BCUT2D eigenvalue weighted by molar-refractivity contribution is -0.0523. The van der Waals surface area contributed by atoms with E-state index in [2.05, 4.69) is 9.51 Å². The Balaban J connectivity index is 2.16. The number of aliphatic hydroxyl groups excluding tert-OH is 2. The lowest BCUT2D eigenvalue weighted by Gasteiger charge is -2.17. The van der Waals surface area contributed by atoms with Gasteiger partial charge in [-0.3, -0.25) is 9.13 Å². The van der Waals surface area contributed by atoms with E-state index in [0.29, 0.717) is 0 Å². The second-order valence-corrected chi connectivity index (χ2v) is 6.55. The van der Waals surface area contributed by atoms with Crippen LogP contribution in [0.4, 0.5) is 5.82 Å². The first-order valence-electron chi connectivity index (χ1n) is 6.00. The van der Waals surface area contributed by atoms with Gasteiger partial charge in [0, 0.05) is 12.9 Å². The Kier molecular flexibility index (Phi) is 4.47. The third kappa shape index (κ3) is 3.67. The van der Waals surface area contributed by atoms with Crippen molar-refractivity contribution in [3.8, 4) is 0 Å². The molecule has 0 aliphatic carbocycles. The van der Waals surface area contributed by atoms with E-state index in [4.69, 9.17) is 15.4 Å². The fraction of sp³-hybridized carbons (Fsp3) is 0.600. The van der Waals surface area contributed by atoms with Gasteiger partial charge in [-0.2, -0.15) is 4.98 Å². The molecule has 0 spiro atoms. The lowest BCUT2D eigenvalue weighted by atomic mass is 10.1. The van der Waals surface area contributed by atoms with Crippen molar-refractivity contribution in [1.29, 1.82) is 0 Å². The number of nitrogens with zero attached hydrogens (tertiary/aromatic N) is 2. The Hall–Kier alpha value is -1.29. The zero-order chi connectivity index (χ0) is 15.8. The molecule has 1 fully saturated rings. The zero-order valence-corrected chi connectivity index (χ0v) is 12.0. The van der Waals surface area contributed by atoms with Crippen molar-refractivity contribution in [2.45, 2.75) is 24.5 Å². The van der Waals surface area contributed by atoms with Crippen molar-refractivity contribution in [2.24, 2.45) is 0 Å². The standard InChI is InChI=1S/C10H16N3O7P/c1-21(17,18)19-4-5-7(14)8(15)9(20-5)13-3-2-6(11)12-10(13)16/h2-3,5,7-9,14-15H,4H2,1H3,(H,17,18)(H2,11,12,16). The predicted octanol–water partition coefficient (Wildman–Crippen LogP) is -1.72. The molecule has 0 saturated carbocycles. The van der Waals surface area contributed by atoms with Gasteiger partial charge in [0.1, 0.15) is 24.1 Å². The minimum Gasteiger partial charge on any atom is -0.387 e. The quantitative estimate of drug-likeness (QED) is 0.473. The van der Waals surface area contributed by atoms with Gasteiger partial charge < -0.3 is 30.1 Å². The highest BCUT2D eigenvalue weighted by molar-refractivity contribution is 7.51. The average molecular weight is 321 g/mol. The first kappa shape index (κ1) is 16.1. The summed E-state index contributed by atoms with van der Waals surface area (Å²) in [6, 6.07) is 1.33. The Morgan fingerprint density at radius 3 is 2.76 bits per heavy atom. The second kappa shape index (κ2) is 5.84. The van der Waals surface area contributed by atoms with E-state index in [9.17, 15) is 19.6 Å². The molecule has 0 bridgehead atoms. The molecule has 5 atom stereocenters. The summed E-state index contributed by atoms with van der Waals surface area (Å²) in [4.78, 5) is 24.2. The van der Waals surface area contributed by atoms with Gasteiger partial charge >= 0.3 is 13.3 Å². The van der Waals surface area contributed by atoms with Crippen molar-refractivity contribution in [1.82, 2.24) is 9.55 Å². The number of nitrogens with two attached hydrogens (primary N) is 1. The molecule has 1 aromatic rings. The molecule has 2 heterocycles. The molecule has 0 radical (unpaired) electrons. The van der Waals surface area contributed by atoms with Gasteiger partial charge in [-0.15, -0.1) is 0 Å². The van der Waals surface area contributed by atoms with Crippen LogP contribution < -0.4 is 11.4 Å². The van der Waals surface area contributed by atoms with Crippen molar-refractivity contribution in [3.05, 3.63) is 22.7 Å². The van der Waals surface area contributed by atoms with Crippen LogP contribution in [0.1, 0.15) is 6.23 Å². The first-order chi connectivity index (χ1) is 9.69. The fourth-order valence-corrected chi connectivity index (χ4v) is 2.35. The van der Waals surface area contributed by atoms with Gasteiger partial charge in [-0.25, -0.2) is 4.79 Å². The Bertz CT molecular complexity index is 615. The van der Waals surface area contributed by atoms with Crippen LogP contribution in [0.15, 0.2) is 17.1 Å². The molecule has 1 aliphatic heterocycles. The number of rotatable bonds is 4. The van der Waals surface area contributed by atoms with Crippen molar-refractivity contribution < 1.29 is 28.9 Å². The predicted molar refractivity (Wildman–Crippen MR) is 70.5 cm³/mol. The highest BCUT2D eigenvalue weighted by Crippen LogP contribution is 2.38. The van der Waals surface area contributed by atoms with E-state index in [-0.39, 0.29) is 5.82 Å². The fourth-order valence-electron chi connectivity index (χ4n) is 1.93. The number of aliphatic hydroxyl groups is 2. The molecule has 1 aliphatic rings. The molecule has 1 saturated heterocycles. The van der Waals surface area contributed by atoms with E-state index >= 15 is 0 Å². The number of hydrogen-bond donors (Lipinski definition) is 4. The molecule has 118 valence electrons. The number of aromatic nitrogens is 2. The summed E-state index contributed by atoms with van der Waals surface area (Å²) in [6.07, 6.45) is -3.78. The molecule has 0 amide bonds. The number of ether oxygens (including phenoxy) is 1. The summed E-state index contributed by atoms with van der Waals surface area (Å²) in [6.45, 7) is 0.576. The lowest BCUT2D eigenvalue weighted by Crippen LogP contribution is -2.36. The molecule has 2 rings (SSSR count). The molecule has 5 unspecified atom stereocenters. The van der Waals surface area contributed by atoms with Crippen molar-refractivity contribution in [2.75, 3.05) is 19.0 Å². The van der Waals surface area contributed by atoms with Crippen LogP contribution in [0.25, 0.3) is 0 Å². The zero-order valence-electron chi connectivity index (χ0n) is 11.1. The van der Waals surface area contributed by atoms with Crippen molar-refractivity contribution in [3.63, 3.8) is 0 Å². The van der Waals surface area contributed by atoms with E-state index in [1.807, 2.05) is 0 Å². The van der Waals surface area contributed by atoms with Crippen LogP contribution in [-0.2, 0) is 13.8 Å². The highest BCUT2D eigenvalue weighted by atomic mass is 31.2. The van der Waals surface area contributed by atoms with Gasteiger partial charge in [0.05, 0.1) is 6.61 Å². The summed E-state index contributed by atoms with van der Waals surface area (Å²) in [5, 5.41) is 19.8. The van der Waals surface area contributed by atoms with Crippen LogP contribution in [0.5, 0.6) is 0 Å². The monoisotopic (exact) mass is 321 g/mol. The maximum Gasteiger partial charge on any atom is 0.351 e. The van der Waals surface area contributed by atoms with Crippen LogP contribution in [-0.4, -0.2) is 56.2 Å². The Morgan fingerprint density at radius 2 is 2.19 bits per heavy atom. The van der Waals surface area contributed by atoms with Crippen LogP contribution >= 0.6 is 7.60 Å². The minimum absolute atomic E-state index is 0.0105. The first-order valence-corrected chi connectivity index (χ1v) is 8.02. The minimum atomic E-state index is -3.74. The van der Waals surface area contributed by atoms with Gasteiger partial charge in [-0.05, 0) is 6.07 Å². The third-order valence-electron chi connectivity index (χ3n) is 2.94. The highest BCUT2D eigenvalue weighted by Gasteiger charge is 2.44. The summed E-state index contributed by atoms with van der Waals surface area (Å²) >= 11 is 0. The largest absolute Gasteiger partial charge is 0.387 e. The number of nitrogen functional groups attached to an aromatic ring is 1. The van der Waals surface area contributed by atoms with E-state index in [1.54, 1.807) is 0 Å². The van der Waals surface area contributed by atoms with Gasteiger partial charge in [0.15, 0.2) is 6.23 Å². The summed E-state index contributed by atoms with van der Waals surface area (Å²) in [5.41, 5.74) is 4.60. The molecule has 10 nitrogen and oxygen atoms in total. The molecular formula is C10H16N3O7P. The molecule has 5 N–H and O–H groups in total. The maximum atomic E-state index is 11.7. The Morgan fingerprint density at radius 1 is 1.52 bits per heavy atom. The van der Waals surface area contributed by atoms with E-state index in [0.717, 1.165) is 11.2 Å². The average Bonchev–Trinajstić information content (AvgIpc) is 2.64. The normalized spacial score (nSPS) is 32.0. The molecule has 21 heavy (non-hydrogen) atoms. The van der Waals surface area contributed by atoms with E-state index in [1.165, 1.54) is 12.3 Å². The SMILES string of the molecule is CP(=O)(O)OCC1OC(n2ccc(N)nc2=O)C(O)C1O. The topological polar surface area (TPSA) is 157 Å². The van der Waals surface area contributed by atoms with E-state index < -0.39 is 44.4 Å². The second-order valence-electron chi connectivity index (χ2n) is 4.69. The van der Waals surface area contributed by atoms with Gasteiger partial charge in [0.25, 0.3) is 0 Å².